The summed E-state index contributed by atoms with van der Waals surface area (Å²) in [6, 6.07) is 23.5. The molecule has 9 heteroatoms. The number of nitrogens with one attached hydrogen (secondary N) is 1. The molecule has 0 bridgehead atoms. The number of fused-ring (bicyclic) bond motifs is 2. The second-order valence-electron chi connectivity index (χ2n) is 8.35. The smallest absolute Gasteiger partial charge is 0.307 e. The monoisotopic (exact) mass is 698 g/mol. The fourth-order valence-electron chi connectivity index (χ4n) is 3.96. The third-order valence-electron chi connectivity index (χ3n) is 5.67. The molecule has 6 nitrogen and oxygen atoms in total. The second kappa shape index (κ2) is 11.7. The van der Waals surface area contributed by atoms with Gasteiger partial charge >= 0.3 is 5.91 Å². The fourth-order valence-corrected chi connectivity index (χ4v) is 5.87. The summed E-state index contributed by atoms with van der Waals surface area (Å²) in [7, 11) is 0. The average Bonchev–Trinajstić information content (AvgIpc) is 3.33. The zero-order chi connectivity index (χ0) is 26.6. The van der Waals surface area contributed by atoms with E-state index in [1.54, 1.807) is 6.07 Å². The molecular formula is C29H21Br3N2O4. The first-order valence-corrected chi connectivity index (χ1v) is 14.1. The summed E-state index contributed by atoms with van der Waals surface area (Å²) < 4.78 is 20.0. The number of halogens is 3. The van der Waals surface area contributed by atoms with Crippen molar-refractivity contribution in [1.29, 1.82) is 0 Å². The van der Waals surface area contributed by atoms with Gasteiger partial charge in [0.15, 0.2) is 17.3 Å². The van der Waals surface area contributed by atoms with Gasteiger partial charge < -0.3 is 13.9 Å². The predicted octanol–water partition coefficient (Wildman–Crippen LogP) is 8.62. The van der Waals surface area contributed by atoms with Crippen LogP contribution < -0.4 is 14.9 Å². The standard InChI is InChI=1S/C29H21Br3N2O4/c1-2-36-25-11-18(15-33-34-29(35)26-13-21-12-22(30)14-24(32)27(21)38-26)10-23(31)28(25)37-16-17-7-8-19-5-3-4-6-20(19)9-17/h3-15H,2,16H2,1H3,(H,34,35)/b33-15-. The van der Waals surface area contributed by atoms with E-state index in [0.29, 0.717) is 34.8 Å². The van der Waals surface area contributed by atoms with Gasteiger partial charge in [0, 0.05) is 9.86 Å². The van der Waals surface area contributed by atoms with Gasteiger partial charge in [0.25, 0.3) is 0 Å². The number of ether oxygens (including phenoxy) is 2. The highest BCUT2D eigenvalue weighted by Gasteiger charge is 2.15. The normalized spacial score (nSPS) is 11.4. The Labute approximate surface area is 244 Å². The summed E-state index contributed by atoms with van der Waals surface area (Å²) in [5.74, 6) is 0.868. The summed E-state index contributed by atoms with van der Waals surface area (Å²) in [6.45, 7) is 2.76. The highest BCUT2D eigenvalue weighted by Crippen LogP contribution is 2.37. The van der Waals surface area contributed by atoms with Crippen molar-refractivity contribution < 1.29 is 18.7 Å². The number of furan rings is 1. The maximum absolute atomic E-state index is 12.6. The molecule has 192 valence electrons. The van der Waals surface area contributed by atoms with Crippen LogP contribution in [0.2, 0.25) is 0 Å². The van der Waals surface area contributed by atoms with E-state index in [1.807, 2.05) is 43.3 Å². The first-order valence-electron chi connectivity index (χ1n) is 11.7. The molecule has 0 radical (unpaired) electrons. The molecule has 38 heavy (non-hydrogen) atoms. The summed E-state index contributed by atoms with van der Waals surface area (Å²) in [5.41, 5.74) is 4.87. The Balaban J connectivity index is 1.30. The van der Waals surface area contributed by atoms with Gasteiger partial charge in [-0.1, -0.05) is 52.3 Å². The number of hydrogen-bond acceptors (Lipinski definition) is 5. The van der Waals surface area contributed by atoms with Crippen LogP contribution in [0, 0.1) is 0 Å². The van der Waals surface area contributed by atoms with Crippen molar-refractivity contribution in [1.82, 2.24) is 5.43 Å². The summed E-state index contributed by atoms with van der Waals surface area (Å²) in [6.07, 6.45) is 1.54. The fraction of sp³-hybridized carbons (Fsp3) is 0.103. The van der Waals surface area contributed by atoms with E-state index in [9.17, 15) is 4.79 Å². The number of carbonyl (C=O) groups is 1. The third-order valence-corrected chi connectivity index (χ3v) is 7.30. The number of hydrazone groups is 1. The van der Waals surface area contributed by atoms with Crippen LogP contribution in [-0.4, -0.2) is 18.7 Å². The van der Waals surface area contributed by atoms with Gasteiger partial charge in [-0.15, -0.1) is 0 Å². The zero-order valence-corrected chi connectivity index (χ0v) is 24.9. The van der Waals surface area contributed by atoms with E-state index >= 15 is 0 Å². The van der Waals surface area contributed by atoms with Crippen LogP contribution >= 0.6 is 47.8 Å². The van der Waals surface area contributed by atoms with Gasteiger partial charge in [-0.3, -0.25) is 4.79 Å². The van der Waals surface area contributed by atoms with Gasteiger partial charge in [0.2, 0.25) is 0 Å². The van der Waals surface area contributed by atoms with E-state index in [0.717, 1.165) is 30.8 Å². The van der Waals surface area contributed by atoms with E-state index in [-0.39, 0.29) is 5.76 Å². The van der Waals surface area contributed by atoms with Gasteiger partial charge in [-0.25, -0.2) is 5.43 Å². The quantitative estimate of drug-likeness (QED) is 0.130. The Morgan fingerprint density at radius 3 is 2.55 bits per heavy atom. The number of hydrogen-bond donors (Lipinski definition) is 1. The molecule has 1 N–H and O–H groups in total. The van der Waals surface area contributed by atoms with Crippen LogP contribution in [-0.2, 0) is 6.61 Å². The van der Waals surface area contributed by atoms with Crippen molar-refractivity contribution >= 4 is 81.7 Å². The number of amides is 1. The van der Waals surface area contributed by atoms with Crippen LogP contribution in [0.5, 0.6) is 11.5 Å². The van der Waals surface area contributed by atoms with Gasteiger partial charge in [-0.2, -0.15) is 5.10 Å². The minimum atomic E-state index is -0.458. The summed E-state index contributed by atoms with van der Waals surface area (Å²) >= 11 is 10.5. The molecule has 5 rings (SSSR count). The van der Waals surface area contributed by atoms with Crippen molar-refractivity contribution in [2.24, 2.45) is 5.10 Å². The van der Waals surface area contributed by atoms with Crippen molar-refractivity contribution in [3.05, 3.63) is 103 Å². The topological polar surface area (TPSA) is 73.1 Å². The number of carbonyl (C=O) groups excluding carboxylic acids is 1. The first kappa shape index (κ1) is 26.5. The van der Waals surface area contributed by atoms with Crippen LogP contribution in [0.4, 0.5) is 0 Å². The molecule has 1 heterocycles. The molecular weight excluding hydrogens is 680 g/mol. The van der Waals surface area contributed by atoms with Crippen LogP contribution in [0.25, 0.3) is 21.7 Å². The molecule has 1 aromatic heterocycles. The second-order valence-corrected chi connectivity index (χ2v) is 11.0. The van der Waals surface area contributed by atoms with Crippen LogP contribution in [0.3, 0.4) is 0 Å². The lowest BCUT2D eigenvalue weighted by Crippen LogP contribution is -2.16. The third kappa shape index (κ3) is 5.95. The minimum absolute atomic E-state index is 0.157. The van der Waals surface area contributed by atoms with Gasteiger partial charge in [0.05, 0.1) is 21.8 Å². The van der Waals surface area contributed by atoms with E-state index in [1.165, 1.54) is 11.6 Å². The van der Waals surface area contributed by atoms with E-state index in [2.05, 4.69) is 88.6 Å². The molecule has 0 aliphatic heterocycles. The molecule has 0 aliphatic rings. The maximum Gasteiger partial charge on any atom is 0.307 e. The largest absolute Gasteiger partial charge is 0.490 e. The van der Waals surface area contributed by atoms with Crippen molar-refractivity contribution in [2.45, 2.75) is 13.5 Å². The molecule has 4 aromatic carbocycles. The lowest BCUT2D eigenvalue weighted by atomic mass is 10.1. The van der Waals surface area contributed by atoms with Crippen LogP contribution in [0.1, 0.15) is 28.6 Å². The summed E-state index contributed by atoms with van der Waals surface area (Å²) in [5, 5.41) is 7.24. The molecule has 0 spiro atoms. The molecule has 5 aromatic rings. The molecule has 0 fully saturated rings. The predicted molar refractivity (Wildman–Crippen MR) is 160 cm³/mol. The molecule has 0 unspecified atom stereocenters. The summed E-state index contributed by atoms with van der Waals surface area (Å²) in [4.78, 5) is 12.6. The number of nitrogens with zero attached hydrogens (tertiary/aromatic N) is 1. The Morgan fingerprint density at radius 2 is 1.74 bits per heavy atom. The average molecular weight is 701 g/mol. The zero-order valence-electron chi connectivity index (χ0n) is 20.1. The van der Waals surface area contributed by atoms with Gasteiger partial charge in [0.1, 0.15) is 12.2 Å². The Morgan fingerprint density at radius 1 is 0.921 bits per heavy atom. The molecule has 1 amide bonds. The van der Waals surface area contributed by atoms with E-state index < -0.39 is 5.91 Å². The molecule has 0 atom stereocenters. The highest BCUT2D eigenvalue weighted by atomic mass is 79.9. The first-order chi connectivity index (χ1) is 18.4. The number of rotatable bonds is 8. The van der Waals surface area contributed by atoms with Crippen molar-refractivity contribution in [2.75, 3.05) is 6.61 Å². The molecule has 0 saturated heterocycles. The lowest BCUT2D eigenvalue weighted by Gasteiger charge is -2.15. The van der Waals surface area contributed by atoms with Crippen molar-refractivity contribution in [3.8, 4) is 11.5 Å². The maximum atomic E-state index is 12.6. The Bertz CT molecular complexity index is 1680. The Hall–Kier alpha value is -3.14. The molecule has 0 aliphatic carbocycles. The van der Waals surface area contributed by atoms with Crippen LogP contribution in [0.15, 0.2) is 95.7 Å². The minimum Gasteiger partial charge on any atom is -0.490 e. The van der Waals surface area contributed by atoms with E-state index in [4.69, 9.17) is 13.9 Å². The lowest BCUT2D eigenvalue weighted by molar-refractivity contribution is 0.0929. The molecule has 0 saturated carbocycles. The Kier molecular flexibility index (Phi) is 8.16. The SMILES string of the molecule is CCOc1cc(/C=N\NC(=O)c2cc3cc(Br)cc(Br)c3o2)cc(Br)c1OCc1ccc2ccccc2c1. The van der Waals surface area contributed by atoms with Gasteiger partial charge in [-0.05, 0) is 97.1 Å². The number of benzene rings is 4. The van der Waals surface area contributed by atoms with Crippen molar-refractivity contribution in [3.63, 3.8) is 0 Å². The highest BCUT2D eigenvalue weighted by molar-refractivity contribution is 9.11.